The number of nitrogens with one attached hydrogen (secondary N) is 1. The minimum absolute atomic E-state index is 0. The van der Waals surface area contributed by atoms with E-state index >= 15 is 0 Å². The predicted octanol–water partition coefficient (Wildman–Crippen LogP) is -0.496. The summed E-state index contributed by atoms with van der Waals surface area (Å²) in [6, 6.07) is 4.82. The number of hydrogen-bond donors (Lipinski definition) is 1. The van der Waals surface area contributed by atoms with Crippen molar-refractivity contribution in [1.82, 2.24) is 0 Å². The zero-order valence-corrected chi connectivity index (χ0v) is 14.6. The molecule has 0 spiro atoms. The number of hydrogen-bond acceptors (Lipinski definition) is 3. The second kappa shape index (κ2) is 7.39. The molecule has 8 heteroatoms. The predicted molar refractivity (Wildman–Crippen MR) is 70.2 cm³/mol. The third-order valence-electron chi connectivity index (χ3n) is 3.33. The van der Waals surface area contributed by atoms with Crippen molar-refractivity contribution >= 4 is 11.6 Å². The molecule has 4 nitrogen and oxygen atoms in total. The van der Waals surface area contributed by atoms with Crippen molar-refractivity contribution in [3.05, 3.63) is 40.7 Å². The smallest absolute Gasteiger partial charge is 0.874 e. The van der Waals surface area contributed by atoms with Crippen molar-refractivity contribution in [2.24, 2.45) is 5.92 Å². The fourth-order valence-corrected chi connectivity index (χ4v) is 1.97. The van der Waals surface area contributed by atoms with Gasteiger partial charge in [0.05, 0.1) is 5.56 Å². The van der Waals surface area contributed by atoms with Crippen molar-refractivity contribution in [1.29, 1.82) is 5.26 Å². The van der Waals surface area contributed by atoms with Crippen molar-refractivity contribution < 1.29 is 52.6 Å². The molecule has 1 aliphatic carbocycles. The molecule has 1 aromatic carbocycles. The number of nitrogens with zero attached hydrogens (tertiary/aromatic N) is 1. The number of aryl methyl sites for hydroxylation is 1. The van der Waals surface area contributed by atoms with Crippen LogP contribution in [0.15, 0.2) is 29.5 Å². The number of halogens is 3. The molecule has 0 unspecified atom stereocenters. The number of alkyl halides is 3. The molecule has 1 N–H and O–H groups in total. The van der Waals surface area contributed by atoms with Gasteiger partial charge in [-0.05, 0) is 43.4 Å². The Bertz CT molecular complexity index is 689. The van der Waals surface area contributed by atoms with Crippen LogP contribution in [-0.4, -0.2) is 5.91 Å². The van der Waals surface area contributed by atoms with E-state index in [2.05, 4.69) is 5.32 Å². The van der Waals surface area contributed by atoms with E-state index in [1.165, 1.54) is 25.1 Å². The van der Waals surface area contributed by atoms with E-state index in [1.807, 2.05) is 0 Å². The number of rotatable bonds is 3. The second-order valence-corrected chi connectivity index (χ2v) is 5.11. The van der Waals surface area contributed by atoms with Gasteiger partial charge >= 0.3 is 35.7 Å². The standard InChI is InChI=1S/C15H13F3N2O2.Na/c1-8-2-5-10(6-12(8)15(16,17)18)20-14(22)11(7-19)13(21)9-3-4-9;/h2,5-6,9,21H,3-4H2,1H3,(H,20,22);/q;+1/p-1/b13-11-;. The molecular formula is C15H12F3N2NaO2. The van der Waals surface area contributed by atoms with Crippen molar-refractivity contribution in [2.45, 2.75) is 25.9 Å². The number of benzene rings is 1. The van der Waals surface area contributed by atoms with Crippen LogP contribution >= 0.6 is 0 Å². The molecule has 1 aliphatic rings. The first-order chi connectivity index (χ1) is 10.2. The van der Waals surface area contributed by atoms with Crippen LogP contribution in [0, 0.1) is 24.2 Å². The van der Waals surface area contributed by atoms with Gasteiger partial charge in [-0.25, -0.2) is 0 Å². The Hall–Kier alpha value is -1.49. The van der Waals surface area contributed by atoms with Crippen LogP contribution in [-0.2, 0) is 11.0 Å². The summed E-state index contributed by atoms with van der Waals surface area (Å²) in [5.74, 6) is -1.84. The summed E-state index contributed by atoms with van der Waals surface area (Å²) in [5.41, 5.74) is -1.54. The van der Waals surface area contributed by atoms with Gasteiger partial charge in [0.2, 0.25) is 0 Å². The molecule has 0 aromatic heterocycles. The molecule has 0 atom stereocenters. The molecule has 23 heavy (non-hydrogen) atoms. The fraction of sp³-hybridized carbons (Fsp3) is 0.333. The van der Waals surface area contributed by atoms with Gasteiger partial charge in [0.15, 0.2) is 0 Å². The quantitative estimate of drug-likeness (QED) is 0.351. The van der Waals surface area contributed by atoms with Crippen LogP contribution in [0.2, 0.25) is 0 Å². The topological polar surface area (TPSA) is 76.0 Å². The Kier molecular flexibility index (Phi) is 6.28. The van der Waals surface area contributed by atoms with Crippen molar-refractivity contribution in [3.63, 3.8) is 0 Å². The van der Waals surface area contributed by atoms with Gasteiger partial charge < -0.3 is 10.4 Å². The summed E-state index contributed by atoms with van der Waals surface area (Å²) in [6.07, 6.45) is -3.30. The maximum atomic E-state index is 12.8. The first-order valence-corrected chi connectivity index (χ1v) is 6.54. The average Bonchev–Trinajstić information content (AvgIpc) is 3.24. The van der Waals surface area contributed by atoms with E-state index in [0.717, 1.165) is 6.07 Å². The zero-order chi connectivity index (χ0) is 16.5. The van der Waals surface area contributed by atoms with Crippen LogP contribution in [0.25, 0.3) is 0 Å². The number of amides is 1. The molecule has 1 fully saturated rings. The molecule has 0 aliphatic heterocycles. The summed E-state index contributed by atoms with van der Waals surface area (Å²) in [5, 5.41) is 22.8. The average molecular weight is 332 g/mol. The zero-order valence-electron chi connectivity index (χ0n) is 12.6. The molecule has 116 valence electrons. The molecule has 2 rings (SSSR count). The van der Waals surface area contributed by atoms with E-state index in [9.17, 15) is 23.1 Å². The van der Waals surface area contributed by atoms with Gasteiger partial charge in [0.25, 0.3) is 5.91 Å². The molecule has 1 aromatic rings. The Labute approximate surface area is 153 Å². The second-order valence-electron chi connectivity index (χ2n) is 5.11. The summed E-state index contributed by atoms with van der Waals surface area (Å²) in [4.78, 5) is 11.9. The third kappa shape index (κ3) is 4.74. The molecule has 0 heterocycles. The fourth-order valence-electron chi connectivity index (χ4n) is 1.97. The van der Waals surface area contributed by atoms with E-state index in [1.54, 1.807) is 0 Å². The number of allylic oxidation sites excluding steroid dienone is 1. The Morgan fingerprint density at radius 3 is 2.48 bits per heavy atom. The summed E-state index contributed by atoms with van der Waals surface area (Å²) >= 11 is 0. The minimum atomic E-state index is -4.55. The van der Waals surface area contributed by atoms with E-state index in [4.69, 9.17) is 5.26 Å². The number of carbonyl (C=O) groups is 1. The molecule has 0 bridgehead atoms. The maximum absolute atomic E-state index is 12.8. The van der Waals surface area contributed by atoms with Crippen molar-refractivity contribution in [2.75, 3.05) is 5.32 Å². The monoisotopic (exact) mass is 332 g/mol. The summed E-state index contributed by atoms with van der Waals surface area (Å²) in [6.45, 7) is 1.30. The molecule has 1 saturated carbocycles. The molecule has 1 amide bonds. The van der Waals surface area contributed by atoms with E-state index < -0.39 is 29.0 Å². The Morgan fingerprint density at radius 1 is 1.39 bits per heavy atom. The third-order valence-corrected chi connectivity index (χ3v) is 3.33. The maximum Gasteiger partial charge on any atom is 1.00 e. The summed E-state index contributed by atoms with van der Waals surface area (Å²) < 4.78 is 38.4. The molecule has 0 radical (unpaired) electrons. The van der Waals surface area contributed by atoms with E-state index in [-0.39, 0.29) is 46.7 Å². The molecular weight excluding hydrogens is 320 g/mol. The number of carbonyl (C=O) groups excluding carboxylic acids is 1. The van der Waals surface area contributed by atoms with Crippen LogP contribution in [0.1, 0.15) is 24.0 Å². The largest absolute Gasteiger partial charge is 1.00 e. The first-order valence-electron chi connectivity index (χ1n) is 6.54. The summed E-state index contributed by atoms with van der Waals surface area (Å²) in [7, 11) is 0. The van der Waals surface area contributed by atoms with Crippen LogP contribution in [0.3, 0.4) is 0 Å². The normalized spacial score (nSPS) is 15.1. The number of nitriles is 1. The van der Waals surface area contributed by atoms with Gasteiger partial charge in [-0.2, -0.15) is 18.4 Å². The van der Waals surface area contributed by atoms with E-state index in [0.29, 0.717) is 12.8 Å². The Morgan fingerprint density at radius 2 is 2.00 bits per heavy atom. The van der Waals surface area contributed by atoms with Crippen molar-refractivity contribution in [3.8, 4) is 6.07 Å². The van der Waals surface area contributed by atoms with Crippen LogP contribution < -0.4 is 40.0 Å². The minimum Gasteiger partial charge on any atom is -0.874 e. The van der Waals surface area contributed by atoms with Crippen LogP contribution in [0.5, 0.6) is 0 Å². The molecule has 0 saturated heterocycles. The number of anilines is 1. The SMILES string of the molecule is Cc1ccc(NC(=O)/C(C#N)=C(\[O-])C2CC2)cc1C(F)(F)F.[Na+]. The van der Waals surface area contributed by atoms with Gasteiger partial charge in [0.1, 0.15) is 11.6 Å². The van der Waals surface area contributed by atoms with Crippen LogP contribution in [0.4, 0.5) is 18.9 Å². The van der Waals surface area contributed by atoms with Gasteiger partial charge in [0, 0.05) is 5.69 Å². The first kappa shape index (κ1) is 19.6. The van der Waals surface area contributed by atoms with Gasteiger partial charge in [-0.3, -0.25) is 4.79 Å². The van der Waals surface area contributed by atoms with Gasteiger partial charge in [-0.15, -0.1) is 5.76 Å². The van der Waals surface area contributed by atoms with Gasteiger partial charge in [-0.1, -0.05) is 6.07 Å². The Balaban J connectivity index is 0.00000264.